The van der Waals surface area contributed by atoms with Crippen LogP contribution in [0.4, 0.5) is 0 Å². The van der Waals surface area contributed by atoms with Crippen LogP contribution < -0.4 is 0 Å². The summed E-state index contributed by atoms with van der Waals surface area (Å²) < 4.78 is 0. The van der Waals surface area contributed by atoms with Crippen LogP contribution in [0, 0.1) is 0 Å². The minimum absolute atomic E-state index is 0.467. The molecule has 196 valence electrons. The zero-order chi connectivity index (χ0) is 27.6. The molecule has 2 atom stereocenters. The predicted molar refractivity (Wildman–Crippen MR) is 180 cm³/mol. The molecule has 2 aliphatic carbocycles. The van der Waals surface area contributed by atoms with E-state index in [-0.39, 0.29) is 0 Å². The van der Waals surface area contributed by atoms with E-state index in [0.717, 1.165) is 0 Å². The summed E-state index contributed by atoms with van der Waals surface area (Å²) in [6, 6.07) is 44.8. The van der Waals surface area contributed by atoms with E-state index < -0.39 is 8.07 Å². The number of hydrogen-bond acceptors (Lipinski definition) is 0. The molecule has 6 aromatic carbocycles. The van der Waals surface area contributed by atoms with E-state index in [9.17, 15) is 0 Å². The van der Waals surface area contributed by atoms with Gasteiger partial charge in [0.2, 0.25) is 0 Å². The van der Waals surface area contributed by atoms with Crippen molar-refractivity contribution in [3.63, 3.8) is 0 Å². The molecule has 0 N–H and O–H groups in total. The van der Waals surface area contributed by atoms with Crippen LogP contribution in [0.25, 0.3) is 56.0 Å². The van der Waals surface area contributed by atoms with E-state index in [1.165, 1.54) is 66.1 Å². The zero-order valence-electron chi connectivity index (χ0n) is 23.5. The van der Waals surface area contributed by atoms with Gasteiger partial charge in [0.15, 0.2) is 0 Å². The predicted octanol–water partition coefficient (Wildman–Crippen LogP) is 11.0. The molecule has 2 aliphatic rings. The summed E-state index contributed by atoms with van der Waals surface area (Å²) in [4.78, 5) is 0. The van der Waals surface area contributed by atoms with Crippen LogP contribution in [0.5, 0.6) is 0 Å². The van der Waals surface area contributed by atoms with Crippen LogP contribution in [-0.2, 0) is 0 Å². The molecule has 0 amide bonds. The zero-order valence-corrected chi connectivity index (χ0v) is 24.5. The highest BCUT2D eigenvalue weighted by Gasteiger charge is 2.43. The van der Waals surface area contributed by atoms with Crippen LogP contribution in [-0.4, -0.2) is 8.07 Å². The van der Waals surface area contributed by atoms with Gasteiger partial charge in [0.1, 0.15) is 0 Å². The van der Waals surface area contributed by atoms with Gasteiger partial charge in [-0.3, -0.25) is 0 Å². The standard InChI is InChI=1S/C40H32Si/c1-41(2,39-25-23-35-33(19-9-21-37(35)39)31-17-7-13-27-11-3-5-15-29(27)31)40-26-24-36-34(20-10-22-38(36)40)32-18-8-14-28-12-4-6-16-30(28)32/h3-26,39-40H,1-2H3. The minimum Gasteiger partial charge on any atom is -0.0791 e. The fraction of sp³-hybridized carbons (Fsp3) is 0.100. The molecule has 0 fully saturated rings. The lowest BCUT2D eigenvalue weighted by Gasteiger charge is -2.35. The average molecular weight is 541 g/mol. The van der Waals surface area contributed by atoms with Gasteiger partial charge < -0.3 is 0 Å². The van der Waals surface area contributed by atoms with Crippen LogP contribution in [0.1, 0.15) is 33.3 Å². The topological polar surface area (TPSA) is 0 Å². The molecule has 0 spiro atoms. The third-order valence-electron chi connectivity index (χ3n) is 9.62. The quantitative estimate of drug-likeness (QED) is 0.195. The molecule has 8 rings (SSSR count). The summed E-state index contributed by atoms with van der Waals surface area (Å²) in [5, 5.41) is 5.24. The van der Waals surface area contributed by atoms with Crippen molar-refractivity contribution in [2.24, 2.45) is 0 Å². The van der Waals surface area contributed by atoms with Crippen molar-refractivity contribution >= 4 is 41.8 Å². The Balaban J connectivity index is 1.20. The Morgan fingerprint density at radius 1 is 0.415 bits per heavy atom. The summed E-state index contributed by atoms with van der Waals surface area (Å²) in [5.41, 5.74) is 12.1. The second-order valence-corrected chi connectivity index (χ2v) is 17.1. The Morgan fingerprint density at radius 2 is 0.805 bits per heavy atom. The van der Waals surface area contributed by atoms with Crippen molar-refractivity contribution in [3.8, 4) is 22.3 Å². The van der Waals surface area contributed by atoms with Gasteiger partial charge in [-0.2, -0.15) is 0 Å². The lowest BCUT2D eigenvalue weighted by atomic mass is 9.93. The Kier molecular flexibility index (Phi) is 5.52. The number of rotatable bonds is 4. The second kappa shape index (κ2) is 9.29. The molecule has 0 radical (unpaired) electrons. The summed E-state index contributed by atoms with van der Waals surface area (Å²) in [5.74, 6) is 0. The van der Waals surface area contributed by atoms with E-state index in [4.69, 9.17) is 0 Å². The molecule has 0 aliphatic heterocycles. The van der Waals surface area contributed by atoms with Gasteiger partial charge in [-0.05, 0) is 77.1 Å². The molecule has 0 heterocycles. The monoisotopic (exact) mass is 540 g/mol. The van der Waals surface area contributed by atoms with Crippen molar-refractivity contribution in [3.05, 3.63) is 156 Å². The maximum atomic E-state index is 2.59. The van der Waals surface area contributed by atoms with Gasteiger partial charge >= 0.3 is 0 Å². The van der Waals surface area contributed by atoms with Crippen LogP contribution in [0.2, 0.25) is 13.1 Å². The highest BCUT2D eigenvalue weighted by Crippen LogP contribution is 2.50. The van der Waals surface area contributed by atoms with Crippen molar-refractivity contribution in [1.29, 1.82) is 0 Å². The molecule has 6 aromatic rings. The number of hydrogen-bond donors (Lipinski definition) is 0. The normalized spacial score (nSPS) is 17.3. The van der Waals surface area contributed by atoms with Crippen molar-refractivity contribution in [1.82, 2.24) is 0 Å². The molecule has 41 heavy (non-hydrogen) atoms. The van der Waals surface area contributed by atoms with E-state index in [1.54, 1.807) is 0 Å². The minimum atomic E-state index is -1.87. The largest absolute Gasteiger partial charge is 0.0791 e. The first-order valence-corrected chi connectivity index (χ1v) is 17.9. The SMILES string of the molecule is C[Si](C)(C1C=Cc2c(-c3cccc4ccccc34)cccc21)C1C=Cc2c(-c3cccc4ccccc34)cccc21. The molecular weight excluding hydrogens is 509 g/mol. The lowest BCUT2D eigenvalue weighted by Crippen LogP contribution is -2.40. The smallest absolute Gasteiger partial charge is 0.0715 e. The third kappa shape index (κ3) is 3.73. The lowest BCUT2D eigenvalue weighted by molar-refractivity contribution is 1.05. The first kappa shape index (κ1) is 24.3. The molecule has 0 aromatic heterocycles. The highest BCUT2D eigenvalue weighted by atomic mass is 28.3. The first-order valence-electron chi connectivity index (χ1n) is 14.7. The number of allylic oxidation sites excluding steroid dienone is 2. The summed E-state index contributed by atoms with van der Waals surface area (Å²) >= 11 is 0. The molecule has 0 bridgehead atoms. The Bertz CT molecular complexity index is 1880. The Labute approximate surface area is 243 Å². The summed E-state index contributed by atoms with van der Waals surface area (Å²) in [7, 11) is -1.87. The number of fused-ring (bicyclic) bond motifs is 4. The molecule has 0 saturated heterocycles. The van der Waals surface area contributed by atoms with E-state index in [1.807, 2.05) is 0 Å². The van der Waals surface area contributed by atoms with E-state index in [2.05, 4.69) is 159 Å². The van der Waals surface area contributed by atoms with Crippen molar-refractivity contribution < 1.29 is 0 Å². The second-order valence-electron chi connectivity index (χ2n) is 12.2. The van der Waals surface area contributed by atoms with E-state index >= 15 is 0 Å². The first-order chi connectivity index (χ1) is 20.1. The maximum Gasteiger partial charge on any atom is 0.0715 e. The van der Waals surface area contributed by atoms with Gasteiger partial charge in [-0.15, -0.1) is 0 Å². The van der Waals surface area contributed by atoms with Gasteiger partial charge in [0.05, 0.1) is 8.07 Å². The third-order valence-corrected chi connectivity index (χ3v) is 13.8. The fourth-order valence-corrected chi connectivity index (χ4v) is 11.2. The van der Waals surface area contributed by atoms with Crippen molar-refractivity contribution in [2.45, 2.75) is 24.2 Å². The summed E-state index contributed by atoms with van der Waals surface area (Å²) in [6.07, 6.45) is 9.87. The van der Waals surface area contributed by atoms with Crippen LogP contribution in [0.3, 0.4) is 0 Å². The fourth-order valence-electron chi connectivity index (χ4n) is 7.55. The van der Waals surface area contributed by atoms with Gasteiger partial charge in [-0.25, -0.2) is 0 Å². The molecule has 2 unspecified atom stereocenters. The molecule has 0 nitrogen and oxygen atoms in total. The van der Waals surface area contributed by atoms with E-state index in [0.29, 0.717) is 11.1 Å². The molecule has 0 saturated carbocycles. The van der Waals surface area contributed by atoms with Crippen LogP contribution in [0.15, 0.2) is 133 Å². The van der Waals surface area contributed by atoms with Crippen molar-refractivity contribution in [2.75, 3.05) is 0 Å². The molecular formula is C40H32Si. The highest BCUT2D eigenvalue weighted by molar-refractivity contribution is 6.81. The van der Waals surface area contributed by atoms with Crippen LogP contribution >= 0.6 is 0 Å². The molecule has 1 heteroatoms. The Morgan fingerprint density at radius 3 is 1.29 bits per heavy atom. The number of benzene rings is 6. The summed E-state index contributed by atoms with van der Waals surface area (Å²) in [6.45, 7) is 5.19. The average Bonchev–Trinajstić information content (AvgIpc) is 3.66. The Hall–Kier alpha value is -4.46. The maximum absolute atomic E-state index is 2.59. The van der Waals surface area contributed by atoms with Gasteiger partial charge in [0.25, 0.3) is 0 Å². The van der Waals surface area contributed by atoms with Gasteiger partial charge in [0, 0.05) is 0 Å². The van der Waals surface area contributed by atoms with Gasteiger partial charge in [-0.1, -0.05) is 159 Å².